The Morgan fingerprint density at radius 1 is 1.17 bits per heavy atom. The van der Waals surface area contributed by atoms with Gasteiger partial charge in [0.2, 0.25) is 0 Å². The minimum Gasteiger partial charge on any atom is -0.457 e. The molecule has 2 N–H and O–H groups in total. The van der Waals surface area contributed by atoms with E-state index in [4.69, 9.17) is 15.7 Å². The predicted molar refractivity (Wildman–Crippen MR) is 71.5 cm³/mol. The molecule has 0 bridgehead atoms. The van der Waals surface area contributed by atoms with Crippen molar-refractivity contribution in [1.82, 2.24) is 0 Å². The molecule has 2 aromatic rings. The van der Waals surface area contributed by atoms with E-state index in [2.05, 4.69) is 13.0 Å². The first-order chi connectivity index (χ1) is 8.72. The Morgan fingerprint density at radius 2 is 1.94 bits per heavy atom. The maximum Gasteiger partial charge on any atom is 0.129 e. The van der Waals surface area contributed by atoms with Crippen molar-refractivity contribution in [3.63, 3.8) is 0 Å². The van der Waals surface area contributed by atoms with Gasteiger partial charge >= 0.3 is 0 Å². The number of anilines is 1. The fourth-order valence-electron chi connectivity index (χ4n) is 1.67. The van der Waals surface area contributed by atoms with Crippen LogP contribution in [0.15, 0.2) is 42.5 Å². The molecule has 0 amide bonds. The van der Waals surface area contributed by atoms with Gasteiger partial charge in [-0.05, 0) is 36.2 Å². The number of nitrogen functional groups attached to an aromatic ring is 1. The van der Waals surface area contributed by atoms with Crippen LogP contribution < -0.4 is 10.5 Å². The molecule has 90 valence electrons. The molecular formula is C15H14N2O. The lowest BCUT2D eigenvalue weighted by Gasteiger charge is -2.08. The lowest BCUT2D eigenvalue weighted by molar-refractivity contribution is 0.482. The van der Waals surface area contributed by atoms with Crippen LogP contribution in [0.5, 0.6) is 11.5 Å². The van der Waals surface area contributed by atoms with Gasteiger partial charge in [-0.15, -0.1) is 0 Å². The summed E-state index contributed by atoms with van der Waals surface area (Å²) >= 11 is 0. The predicted octanol–water partition coefficient (Wildman–Crippen LogP) is 3.50. The SMILES string of the molecule is CCc1cccc(Oc2ccc(C#N)c(N)c2)c1. The number of benzene rings is 2. The summed E-state index contributed by atoms with van der Waals surface area (Å²) < 4.78 is 5.71. The smallest absolute Gasteiger partial charge is 0.129 e. The van der Waals surface area contributed by atoms with Gasteiger partial charge in [0.15, 0.2) is 0 Å². The molecule has 0 atom stereocenters. The molecule has 0 aliphatic carbocycles. The van der Waals surface area contributed by atoms with Crippen molar-refractivity contribution in [3.8, 4) is 17.6 Å². The third-order valence-electron chi connectivity index (χ3n) is 2.69. The van der Waals surface area contributed by atoms with Crippen molar-refractivity contribution >= 4 is 5.69 Å². The number of aryl methyl sites for hydroxylation is 1. The number of nitrogens with two attached hydrogens (primary N) is 1. The molecule has 0 radical (unpaired) electrons. The first-order valence-electron chi connectivity index (χ1n) is 5.79. The van der Waals surface area contributed by atoms with Gasteiger partial charge in [-0.3, -0.25) is 0 Å². The van der Waals surface area contributed by atoms with Gasteiger partial charge in [0, 0.05) is 6.07 Å². The molecule has 0 aliphatic rings. The normalized spacial score (nSPS) is 9.78. The zero-order valence-corrected chi connectivity index (χ0v) is 10.2. The molecule has 0 aliphatic heterocycles. The van der Waals surface area contributed by atoms with Gasteiger partial charge < -0.3 is 10.5 Å². The average Bonchev–Trinajstić information content (AvgIpc) is 2.39. The number of ether oxygens (including phenoxy) is 1. The molecule has 0 spiro atoms. The summed E-state index contributed by atoms with van der Waals surface area (Å²) in [5.74, 6) is 1.42. The highest BCUT2D eigenvalue weighted by atomic mass is 16.5. The van der Waals surface area contributed by atoms with Gasteiger partial charge in [0.05, 0.1) is 11.3 Å². The Bertz CT molecular complexity index is 600. The Labute approximate surface area is 106 Å². The van der Waals surface area contributed by atoms with Crippen molar-refractivity contribution < 1.29 is 4.74 Å². The Kier molecular flexibility index (Phi) is 3.49. The van der Waals surface area contributed by atoms with Crippen LogP contribution in [0.1, 0.15) is 18.1 Å². The third-order valence-corrected chi connectivity index (χ3v) is 2.69. The van der Waals surface area contributed by atoms with E-state index in [-0.39, 0.29) is 0 Å². The summed E-state index contributed by atoms with van der Waals surface area (Å²) in [6, 6.07) is 15.0. The van der Waals surface area contributed by atoms with E-state index in [1.807, 2.05) is 24.3 Å². The van der Waals surface area contributed by atoms with Crippen molar-refractivity contribution in [2.75, 3.05) is 5.73 Å². The molecule has 0 saturated carbocycles. The van der Waals surface area contributed by atoms with E-state index in [1.165, 1.54) is 5.56 Å². The summed E-state index contributed by atoms with van der Waals surface area (Å²) in [5, 5.41) is 8.80. The lowest BCUT2D eigenvalue weighted by Crippen LogP contribution is -1.92. The Morgan fingerprint density at radius 3 is 2.61 bits per heavy atom. The van der Waals surface area contributed by atoms with E-state index in [0.29, 0.717) is 17.0 Å². The molecule has 3 heteroatoms. The van der Waals surface area contributed by atoms with Gasteiger partial charge in [-0.1, -0.05) is 19.1 Å². The van der Waals surface area contributed by atoms with Crippen molar-refractivity contribution in [3.05, 3.63) is 53.6 Å². The van der Waals surface area contributed by atoms with Crippen LogP contribution in [-0.2, 0) is 6.42 Å². The minimum absolute atomic E-state index is 0.432. The summed E-state index contributed by atoms with van der Waals surface area (Å²) in [6.45, 7) is 2.10. The number of nitrogens with zero attached hydrogens (tertiary/aromatic N) is 1. The number of rotatable bonds is 3. The van der Waals surface area contributed by atoms with Crippen LogP contribution in [0.3, 0.4) is 0 Å². The molecular weight excluding hydrogens is 224 g/mol. The highest BCUT2D eigenvalue weighted by Crippen LogP contribution is 2.25. The van der Waals surface area contributed by atoms with Crippen LogP contribution in [0.25, 0.3) is 0 Å². The molecule has 0 fully saturated rings. The molecule has 0 unspecified atom stereocenters. The standard InChI is InChI=1S/C15H14N2O/c1-2-11-4-3-5-13(8-11)18-14-7-6-12(10-16)15(17)9-14/h3-9H,2,17H2,1H3. The van der Waals surface area contributed by atoms with Crippen LogP contribution in [0, 0.1) is 11.3 Å². The molecule has 0 heterocycles. The maximum absolute atomic E-state index is 8.80. The molecule has 18 heavy (non-hydrogen) atoms. The van der Waals surface area contributed by atoms with Gasteiger partial charge in [0.1, 0.15) is 17.6 Å². The minimum atomic E-state index is 0.432. The molecule has 2 rings (SSSR count). The van der Waals surface area contributed by atoms with Crippen LogP contribution >= 0.6 is 0 Å². The van der Waals surface area contributed by atoms with Crippen molar-refractivity contribution in [1.29, 1.82) is 5.26 Å². The summed E-state index contributed by atoms with van der Waals surface area (Å²) in [4.78, 5) is 0. The lowest BCUT2D eigenvalue weighted by atomic mass is 10.1. The highest BCUT2D eigenvalue weighted by molar-refractivity contribution is 5.57. The Hall–Kier alpha value is -2.47. The van der Waals surface area contributed by atoms with E-state index >= 15 is 0 Å². The van der Waals surface area contributed by atoms with Gasteiger partial charge in [0.25, 0.3) is 0 Å². The van der Waals surface area contributed by atoms with Crippen molar-refractivity contribution in [2.45, 2.75) is 13.3 Å². The molecule has 0 saturated heterocycles. The number of hydrogen-bond acceptors (Lipinski definition) is 3. The van der Waals surface area contributed by atoms with E-state index in [0.717, 1.165) is 12.2 Å². The first kappa shape index (κ1) is 12.0. The van der Waals surface area contributed by atoms with Crippen LogP contribution in [-0.4, -0.2) is 0 Å². The van der Waals surface area contributed by atoms with Crippen LogP contribution in [0.4, 0.5) is 5.69 Å². The van der Waals surface area contributed by atoms with E-state index in [9.17, 15) is 0 Å². The fraction of sp³-hybridized carbons (Fsp3) is 0.133. The highest BCUT2D eigenvalue weighted by Gasteiger charge is 2.02. The number of nitriles is 1. The summed E-state index contributed by atoms with van der Waals surface area (Å²) in [6.07, 6.45) is 0.965. The van der Waals surface area contributed by atoms with Crippen molar-refractivity contribution in [2.24, 2.45) is 0 Å². The Balaban J connectivity index is 2.23. The van der Waals surface area contributed by atoms with Gasteiger partial charge in [-0.25, -0.2) is 0 Å². The second kappa shape index (κ2) is 5.24. The van der Waals surface area contributed by atoms with E-state index < -0.39 is 0 Å². The first-order valence-corrected chi connectivity index (χ1v) is 5.79. The topological polar surface area (TPSA) is 59.0 Å². The summed E-state index contributed by atoms with van der Waals surface area (Å²) in [5.41, 5.74) is 7.85. The second-order valence-corrected chi connectivity index (χ2v) is 3.96. The summed E-state index contributed by atoms with van der Waals surface area (Å²) in [7, 11) is 0. The third kappa shape index (κ3) is 2.61. The van der Waals surface area contributed by atoms with E-state index in [1.54, 1.807) is 18.2 Å². The average molecular weight is 238 g/mol. The van der Waals surface area contributed by atoms with Crippen LogP contribution in [0.2, 0.25) is 0 Å². The van der Waals surface area contributed by atoms with Gasteiger partial charge in [-0.2, -0.15) is 5.26 Å². The second-order valence-electron chi connectivity index (χ2n) is 3.96. The largest absolute Gasteiger partial charge is 0.457 e. The molecule has 3 nitrogen and oxygen atoms in total. The quantitative estimate of drug-likeness (QED) is 0.832. The maximum atomic E-state index is 8.80. The zero-order valence-electron chi connectivity index (χ0n) is 10.2. The number of hydrogen-bond donors (Lipinski definition) is 1. The molecule has 0 aromatic heterocycles. The monoisotopic (exact) mass is 238 g/mol. The fourth-order valence-corrected chi connectivity index (χ4v) is 1.67. The zero-order chi connectivity index (χ0) is 13.0. The molecule has 2 aromatic carbocycles.